The molecule has 0 aliphatic heterocycles. The molecule has 2 aromatic rings. The molecule has 1 heterocycles. The fourth-order valence-electron chi connectivity index (χ4n) is 2.29. The molecule has 1 aromatic heterocycles. The summed E-state index contributed by atoms with van der Waals surface area (Å²) in [6, 6.07) is 3.72. The van der Waals surface area contributed by atoms with E-state index in [1.165, 1.54) is 23.5 Å². The number of hydrogen-bond donors (Lipinski definition) is 2. The Labute approximate surface area is 112 Å². The van der Waals surface area contributed by atoms with Crippen molar-refractivity contribution in [3.05, 3.63) is 34.6 Å². The molecule has 6 heteroatoms. The summed E-state index contributed by atoms with van der Waals surface area (Å²) in [6.07, 6.45) is 1.25. The highest BCUT2D eigenvalue weighted by Gasteiger charge is 2.32. The van der Waals surface area contributed by atoms with Gasteiger partial charge in [-0.1, -0.05) is 0 Å². The maximum Gasteiger partial charge on any atom is 0.312 e. The van der Waals surface area contributed by atoms with Crippen LogP contribution in [0.25, 0.3) is 10.6 Å². The fraction of sp³-hybridized carbons (Fsp3) is 0.231. The van der Waals surface area contributed by atoms with E-state index < -0.39 is 17.7 Å². The zero-order chi connectivity index (χ0) is 13.6. The number of phenolic OH excluding ortho intramolecular Hbond substituents is 1. The Morgan fingerprint density at radius 2 is 2.21 bits per heavy atom. The summed E-state index contributed by atoms with van der Waals surface area (Å²) >= 11 is 1.36. The molecule has 1 unspecified atom stereocenters. The van der Waals surface area contributed by atoms with E-state index in [9.17, 15) is 14.3 Å². The molecule has 0 fully saturated rings. The number of rotatable bonds is 2. The molecule has 1 aliphatic rings. The van der Waals surface area contributed by atoms with Crippen LogP contribution in [0.2, 0.25) is 0 Å². The van der Waals surface area contributed by atoms with Crippen LogP contribution in [0.1, 0.15) is 22.9 Å². The summed E-state index contributed by atoms with van der Waals surface area (Å²) in [6.45, 7) is 0. The van der Waals surface area contributed by atoms with Crippen LogP contribution in [0.4, 0.5) is 4.39 Å². The molecule has 2 N–H and O–H groups in total. The van der Waals surface area contributed by atoms with Crippen LogP contribution in [0.5, 0.6) is 5.75 Å². The lowest BCUT2D eigenvalue weighted by Gasteiger charge is -2.02. The maximum atomic E-state index is 13.2. The smallest absolute Gasteiger partial charge is 0.312 e. The molecule has 3 rings (SSSR count). The second-order valence-corrected chi connectivity index (χ2v) is 5.54. The van der Waals surface area contributed by atoms with Gasteiger partial charge in [-0.25, -0.2) is 9.37 Å². The second-order valence-electron chi connectivity index (χ2n) is 4.46. The van der Waals surface area contributed by atoms with Crippen molar-refractivity contribution >= 4 is 17.3 Å². The van der Waals surface area contributed by atoms with Gasteiger partial charge < -0.3 is 10.2 Å². The molecule has 0 saturated carbocycles. The molecule has 1 atom stereocenters. The molecule has 1 aromatic carbocycles. The summed E-state index contributed by atoms with van der Waals surface area (Å²) in [7, 11) is 0. The molecule has 0 spiro atoms. The molecule has 1 aliphatic carbocycles. The van der Waals surface area contributed by atoms with Crippen molar-refractivity contribution in [3.8, 4) is 16.3 Å². The number of fused-ring (bicyclic) bond motifs is 1. The fourth-order valence-corrected chi connectivity index (χ4v) is 3.41. The number of carboxylic acid groups (broad SMARTS) is 1. The third-order valence-electron chi connectivity index (χ3n) is 3.15. The van der Waals surface area contributed by atoms with Crippen LogP contribution in [0.3, 0.4) is 0 Å². The van der Waals surface area contributed by atoms with Gasteiger partial charge in [-0.3, -0.25) is 4.79 Å². The van der Waals surface area contributed by atoms with Crippen molar-refractivity contribution in [2.24, 2.45) is 0 Å². The van der Waals surface area contributed by atoms with Crippen LogP contribution >= 0.6 is 11.3 Å². The third kappa shape index (κ3) is 2.08. The van der Waals surface area contributed by atoms with Gasteiger partial charge in [-0.05, 0) is 25.0 Å². The van der Waals surface area contributed by atoms with E-state index in [4.69, 9.17) is 5.11 Å². The van der Waals surface area contributed by atoms with E-state index in [2.05, 4.69) is 4.98 Å². The number of phenols is 1. The quantitative estimate of drug-likeness (QED) is 0.886. The number of nitrogens with zero attached hydrogens (tertiary/aromatic N) is 1. The summed E-state index contributed by atoms with van der Waals surface area (Å²) in [4.78, 5) is 16.3. The molecule has 0 bridgehead atoms. The molecular weight excluding hydrogens is 269 g/mol. The Bertz CT molecular complexity index is 648. The summed E-state index contributed by atoms with van der Waals surface area (Å²) in [5, 5.41) is 19.0. The molecule has 0 amide bonds. The van der Waals surface area contributed by atoms with E-state index in [1.54, 1.807) is 0 Å². The molecule has 0 saturated heterocycles. The second kappa shape index (κ2) is 4.31. The van der Waals surface area contributed by atoms with Crippen LogP contribution in [-0.2, 0) is 11.2 Å². The molecule has 98 valence electrons. The first-order valence-electron chi connectivity index (χ1n) is 5.77. The van der Waals surface area contributed by atoms with Gasteiger partial charge in [0.1, 0.15) is 22.5 Å². The predicted molar refractivity (Wildman–Crippen MR) is 67.9 cm³/mol. The molecular formula is C13H10FNO3S. The average molecular weight is 279 g/mol. The van der Waals surface area contributed by atoms with Crippen molar-refractivity contribution in [3.63, 3.8) is 0 Å². The number of aromatic nitrogens is 1. The van der Waals surface area contributed by atoms with Crippen molar-refractivity contribution < 1.29 is 19.4 Å². The highest BCUT2D eigenvalue weighted by Crippen LogP contribution is 2.40. The van der Waals surface area contributed by atoms with E-state index in [0.717, 1.165) is 10.9 Å². The van der Waals surface area contributed by atoms with E-state index in [-0.39, 0.29) is 5.75 Å². The van der Waals surface area contributed by atoms with Gasteiger partial charge in [0.05, 0.1) is 5.69 Å². The number of carbonyl (C=O) groups is 1. The SMILES string of the molecule is O=C(O)C1CCc2sc(-c3cc(O)cc(F)c3)nc21. The third-order valence-corrected chi connectivity index (χ3v) is 4.33. The van der Waals surface area contributed by atoms with Gasteiger partial charge in [0.2, 0.25) is 0 Å². The number of aryl methyl sites for hydroxylation is 1. The van der Waals surface area contributed by atoms with Crippen molar-refractivity contribution in [2.45, 2.75) is 18.8 Å². The van der Waals surface area contributed by atoms with Crippen LogP contribution in [-0.4, -0.2) is 21.2 Å². The Hall–Kier alpha value is -1.95. The van der Waals surface area contributed by atoms with Gasteiger partial charge in [-0.2, -0.15) is 0 Å². The lowest BCUT2D eigenvalue weighted by atomic mass is 10.1. The first-order valence-corrected chi connectivity index (χ1v) is 6.58. The van der Waals surface area contributed by atoms with Gasteiger partial charge in [0.25, 0.3) is 0 Å². The number of thiazole rings is 1. The Balaban J connectivity index is 2.04. The Kier molecular flexibility index (Phi) is 2.74. The number of carboxylic acids is 1. The summed E-state index contributed by atoms with van der Waals surface area (Å²) < 4.78 is 13.2. The van der Waals surface area contributed by atoms with Crippen LogP contribution in [0, 0.1) is 5.82 Å². The van der Waals surface area contributed by atoms with Crippen molar-refractivity contribution in [1.29, 1.82) is 0 Å². The van der Waals surface area contributed by atoms with Crippen LogP contribution < -0.4 is 0 Å². The van der Waals surface area contributed by atoms with Gasteiger partial charge in [0.15, 0.2) is 0 Å². The number of halogens is 1. The minimum atomic E-state index is -0.877. The maximum absolute atomic E-state index is 13.2. The van der Waals surface area contributed by atoms with Gasteiger partial charge >= 0.3 is 5.97 Å². The Morgan fingerprint density at radius 3 is 2.89 bits per heavy atom. The van der Waals surface area contributed by atoms with E-state index >= 15 is 0 Å². The van der Waals surface area contributed by atoms with E-state index in [1.807, 2.05) is 0 Å². The first kappa shape index (κ1) is 12.1. The predicted octanol–water partition coefficient (Wildman–Crippen LogP) is 2.77. The molecule has 0 radical (unpaired) electrons. The number of aliphatic carboxylic acids is 1. The molecule has 19 heavy (non-hydrogen) atoms. The zero-order valence-corrected chi connectivity index (χ0v) is 10.6. The number of hydrogen-bond acceptors (Lipinski definition) is 4. The number of benzene rings is 1. The van der Waals surface area contributed by atoms with Crippen molar-refractivity contribution in [2.75, 3.05) is 0 Å². The largest absolute Gasteiger partial charge is 0.508 e. The van der Waals surface area contributed by atoms with E-state index in [0.29, 0.717) is 29.1 Å². The topological polar surface area (TPSA) is 70.4 Å². The normalized spacial score (nSPS) is 17.4. The monoisotopic (exact) mass is 279 g/mol. The first-order chi connectivity index (χ1) is 9.04. The highest BCUT2D eigenvalue weighted by atomic mass is 32.1. The summed E-state index contributed by atoms with van der Waals surface area (Å²) in [5.74, 6) is -2.15. The van der Waals surface area contributed by atoms with Gasteiger partial charge in [0, 0.05) is 16.5 Å². The minimum absolute atomic E-state index is 0.167. The Morgan fingerprint density at radius 1 is 1.42 bits per heavy atom. The summed E-state index contributed by atoms with van der Waals surface area (Å²) in [5.41, 5.74) is 1.05. The highest BCUT2D eigenvalue weighted by molar-refractivity contribution is 7.15. The average Bonchev–Trinajstić information content (AvgIpc) is 2.85. The van der Waals surface area contributed by atoms with Gasteiger partial charge in [-0.15, -0.1) is 11.3 Å². The van der Waals surface area contributed by atoms with Crippen LogP contribution in [0.15, 0.2) is 18.2 Å². The van der Waals surface area contributed by atoms with Crippen molar-refractivity contribution in [1.82, 2.24) is 4.98 Å². The lowest BCUT2D eigenvalue weighted by molar-refractivity contribution is -0.138. The lowest BCUT2D eigenvalue weighted by Crippen LogP contribution is -2.08. The zero-order valence-electron chi connectivity index (χ0n) is 9.76. The molecule has 4 nitrogen and oxygen atoms in total. The standard InChI is InChI=1S/C13H10FNO3S/c14-7-3-6(4-8(16)5-7)12-15-11-9(13(17)18)1-2-10(11)19-12/h3-5,9,16H,1-2H2,(H,17,18). The number of aromatic hydroxyl groups is 1. The minimum Gasteiger partial charge on any atom is -0.508 e.